The van der Waals surface area contributed by atoms with Crippen LogP contribution >= 0.6 is 0 Å². The van der Waals surface area contributed by atoms with Crippen LogP contribution in [0.3, 0.4) is 0 Å². The van der Waals surface area contributed by atoms with Crippen molar-refractivity contribution in [3.8, 4) is 11.1 Å². The van der Waals surface area contributed by atoms with Crippen molar-refractivity contribution in [3.63, 3.8) is 0 Å². The Kier molecular flexibility index (Phi) is 6.24. The van der Waals surface area contributed by atoms with Gasteiger partial charge < -0.3 is 0 Å². The monoisotopic (exact) mass is 637 g/mol. The molecule has 0 aliphatic rings. The van der Waals surface area contributed by atoms with Crippen molar-refractivity contribution in [1.29, 1.82) is 0 Å². The Labute approximate surface area is 289 Å². The number of hydrogen-bond acceptors (Lipinski definition) is 2. The van der Waals surface area contributed by atoms with E-state index in [1.807, 2.05) is 24.3 Å². The maximum absolute atomic E-state index is 5.16. The van der Waals surface area contributed by atoms with Gasteiger partial charge in [0, 0.05) is 17.0 Å². The Morgan fingerprint density at radius 3 is 2.28 bits per heavy atom. The predicted molar refractivity (Wildman–Crippen MR) is 213 cm³/mol. The summed E-state index contributed by atoms with van der Waals surface area (Å²) in [6.07, 6.45) is 8.02. The van der Waals surface area contributed by atoms with Gasteiger partial charge in [-0.25, -0.2) is 4.98 Å². The molecule has 234 valence electrons. The highest BCUT2D eigenvalue weighted by atomic mass is 15.0. The van der Waals surface area contributed by atoms with Crippen molar-refractivity contribution in [2.24, 2.45) is 0 Å². The van der Waals surface area contributed by atoms with Gasteiger partial charge in [0.15, 0.2) is 0 Å². The van der Waals surface area contributed by atoms with Gasteiger partial charge in [-0.1, -0.05) is 116 Å². The summed E-state index contributed by atoms with van der Waals surface area (Å²) in [6, 6.07) is 48.3. The summed E-state index contributed by atoms with van der Waals surface area (Å²) in [7, 11) is 0. The van der Waals surface area contributed by atoms with Gasteiger partial charge in [0.1, 0.15) is 5.65 Å². The Balaban J connectivity index is 1.19. The fourth-order valence-corrected chi connectivity index (χ4v) is 7.80. The Bertz CT molecular complexity index is 3040. The molecule has 0 saturated carbocycles. The molecule has 0 spiro atoms. The smallest absolute Gasteiger partial charge is 0.146 e. The third-order valence-corrected chi connectivity index (χ3v) is 10.3. The first-order valence-corrected chi connectivity index (χ1v) is 17.0. The lowest BCUT2D eigenvalue weighted by molar-refractivity contribution is 1.28. The van der Waals surface area contributed by atoms with Crippen LogP contribution in [-0.2, 0) is 0 Å². The van der Waals surface area contributed by atoms with Gasteiger partial charge in [-0.3, -0.25) is 9.38 Å². The van der Waals surface area contributed by atoms with Crippen molar-refractivity contribution in [3.05, 3.63) is 176 Å². The zero-order valence-corrected chi connectivity index (χ0v) is 27.6. The SMILES string of the molecule is C=C(/C=C\C=C(/C)c1ccc2c(c1)c1cc(-c3ccc4ccc5cccc6ccc3c4c56)ccc1n1c3ccccc3nc21)c1ccccn1. The number of para-hydroxylation sites is 2. The molecule has 0 aliphatic heterocycles. The lowest BCUT2D eigenvalue weighted by atomic mass is 9.89. The molecule has 3 heteroatoms. The minimum atomic E-state index is 0.878. The molecule has 0 N–H and O–H groups in total. The maximum atomic E-state index is 5.16. The van der Waals surface area contributed by atoms with Gasteiger partial charge in [-0.05, 0) is 115 Å². The molecule has 0 unspecified atom stereocenters. The molecule has 3 aromatic heterocycles. The Morgan fingerprint density at radius 1 is 0.640 bits per heavy atom. The summed E-state index contributed by atoms with van der Waals surface area (Å²) in [5.74, 6) is 0. The average Bonchev–Trinajstić information content (AvgIpc) is 3.57. The standard InChI is InChI=1S/C47H31N3/c1-29(9-7-10-30(2)41-13-5-6-26-48-41)34-20-24-38-39(27-34)40-28-35(21-25-43(40)50-44-15-4-3-14-42(44)49-47(38)50)36-22-18-33-17-16-31-11-8-12-32-19-23-37(36)46(33)45(31)32/h3-28H,2H2,1H3/b10-7-,29-9+. The van der Waals surface area contributed by atoms with E-state index in [2.05, 4.69) is 150 Å². The first-order valence-electron chi connectivity index (χ1n) is 17.0. The van der Waals surface area contributed by atoms with Crippen LogP contribution in [0.1, 0.15) is 18.2 Å². The van der Waals surface area contributed by atoms with Gasteiger partial charge in [0.2, 0.25) is 0 Å². The third kappa shape index (κ3) is 4.30. The van der Waals surface area contributed by atoms with Gasteiger partial charge in [0.25, 0.3) is 0 Å². The van der Waals surface area contributed by atoms with E-state index in [-0.39, 0.29) is 0 Å². The molecule has 0 amide bonds. The topological polar surface area (TPSA) is 30.2 Å². The maximum Gasteiger partial charge on any atom is 0.146 e. The Hall–Kier alpha value is -6.58. The number of imidazole rings is 1. The second kappa shape index (κ2) is 11.0. The van der Waals surface area contributed by atoms with E-state index < -0.39 is 0 Å². The highest BCUT2D eigenvalue weighted by Crippen LogP contribution is 2.41. The van der Waals surface area contributed by atoms with Crippen molar-refractivity contribution in [1.82, 2.24) is 14.4 Å². The zero-order valence-electron chi connectivity index (χ0n) is 27.6. The molecule has 3 heterocycles. The number of hydrogen-bond donors (Lipinski definition) is 0. The number of benzene rings is 7. The van der Waals surface area contributed by atoms with Crippen LogP contribution < -0.4 is 0 Å². The fraction of sp³-hybridized carbons (Fsp3) is 0.0213. The number of rotatable bonds is 5. The van der Waals surface area contributed by atoms with Crippen LogP contribution in [0.2, 0.25) is 0 Å². The van der Waals surface area contributed by atoms with Crippen LogP contribution in [0.15, 0.2) is 164 Å². The minimum Gasteiger partial charge on any atom is -0.292 e. The fourth-order valence-electron chi connectivity index (χ4n) is 7.80. The molecule has 0 atom stereocenters. The van der Waals surface area contributed by atoms with Crippen molar-refractivity contribution in [2.75, 3.05) is 0 Å². The van der Waals surface area contributed by atoms with Crippen molar-refractivity contribution in [2.45, 2.75) is 6.92 Å². The number of fused-ring (bicyclic) bond motifs is 8. The summed E-state index contributed by atoms with van der Waals surface area (Å²) in [4.78, 5) is 9.58. The molecule has 7 aromatic carbocycles. The lowest BCUT2D eigenvalue weighted by Gasteiger charge is -2.16. The van der Waals surface area contributed by atoms with Crippen molar-refractivity contribution >= 4 is 81.8 Å². The van der Waals surface area contributed by atoms with Gasteiger partial charge >= 0.3 is 0 Å². The first kappa shape index (κ1) is 28.4. The van der Waals surface area contributed by atoms with E-state index >= 15 is 0 Å². The summed E-state index contributed by atoms with van der Waals surface area (Å²) < 4.78 is 2.33. The summed E-state index contributed by atoms with van der Waals surface area (Å²) in [5, 5.41) is 11.3. The molecule has 10 aromatic rings. The summed E-state index contributed by atoms with van der Waals surface area (Å²) >= 11 is 0. The van der Waals surface area contributed by atoms with E-state index in [4.69, 9.17) is 4.98 Å². The third-order valence-electron chi connectivity index (χ3n) is 10.3. The molecule has 0 aliphatic carbocycles. The number of aromatic nitrogens is 3. The van der Waals surface area contributed by atoms with Crippen LogP contribution in [0.25, 0.3) is 92.9 Å². The quantitative estimate of drug-likeness (QED) is 0.139. The van der Waals surface area contributed by atoms with Crippen LogP contribution in [0, 0.1) is 0 Å². The molecule has 3 nitrogen and oxygen atoms in total. The normalized spacial score (nSPS) is 12.6. The van der Waals surface area contributed by atoms with E-state index in [0.29, 0.717) is 0 Å². The molecule has 0 bridgehead atoms. The second-order valence-electron chi connectivity index (χ2n) is 13.2. The van der Waals surface area contributed by atoms with E-state index in [1.165, 1.54) is 65.4 Å². The lowest BCUT2D eigenvalue weighted by Crippen LogP contribution is -1.94. The molecule has 10 rings (SSSR count). The summed E-state index contributed by atoms with van der Waals surface area (Å²) in [5.41, 5.74) is 10.8. The first-order chi connectivity index (χ1) is 24.6. The molecular formula is C47H31N3. The zero-order chi connectivity index (χ0) is 33.3. The number of allylic oxidation sites excluding steroid dienone is 5. The number of pyridine rings is 2. The number of nitrogens with zero attached hydrogens (tertiary/aromatic N) is 3. The molecule has 50 heavy (non-hydrogen) atoms. The molecule has 0 saturated heterocycles. The second-order valence-corrected chi connectivity index (χ2v) is 13.2. The highest BCUT2D eigenvalue weighted by Gasteiger charge is 2.17. The van der Waals surface area contributed by atoms with E-state index in [9.17, 15) is 0 Å². The summed E-state index contributed by atoms with van der Waals surface area (Å²) in [6.45, 7) is 6.37. The van der Waals surface area contributed by atoms with Crippen LogP contribution in [0.4, 0.5) is 0 Å². The molecule has 0 fully saturated rings. The molecular weight excluding hydrogens is 607 g/mol. The van der Waals surface area contributed by atoms with E-state index in [1.54, 1.807) is 6.20 Å². The average molecular weight is 638 g/mol. The molecule has 0 radical (unpaired) electrons. The van der Waals surface area contributed by atoms with E-state index in [0.717, 1.165) is 38.9 Å². The van der Waals surface area contributed by atoms with Crippen LogP contribution in [-0.4, -0.2) is 14.4 Å². The van der Waals surface area contributed by atoms with Crippen molar-refractivity contribution < 1.29 is 0 Å². The van der Waals surface area contributed by atoms with Gasteiger partial charge in [-0.15, -0.1) is 0 Å². The van der Waals surface area contributed by atoms with Gasteiger partial charge in [-0.2, -0.15) is 0 Å². The highest BCUT2D eigenvalue weighted by molar-refractivity contribution is 6.26. The van der Waals surface area contributed by atoms with Crippen LogP contribution in [0.5, 0.6) is 0 Å². The largest absolute Gasteiger partial charge is 0.292 e. The van der Waals surface area contributed by atoms with Gasteiger partial charge in [0.05, 0.1) is 22.2 Å². The minimum absolute atomic E-state index is 0.878. The predicted octanol–water partition coefficient (Wildman–Crippen LogP) is 12.4. The Morgan fingerprint density at radius 2 is 1.42 bits per heavy atom.